The zero-order chi connectivity index (χ0) is 18.8. The van der Waals surface area contributed by atoms with Crippen LogP contribution in [-0.2, 0) is 22.6 Å². The molecule has 1 aromatic heterocycles. The summed E-state index contributed by atoms with van der Waals surface area (Å²) >= 11 is 0. The number of fused-ring (bicyclic) bond motifs is 3. The van der Waals surface area contributed by atoms with Crippen LogP contribution >= 0.6 is 0 Å². The van der Waals surface area contributed by atoms with Gasteiger partial charge < -0.3 is 14.2 Å². The van der Waals surface area contributed by atoms with Gasteiger partial charge in [0.25, 0.3) is 0 Å². The van der Waals surface area contributed by atoms with E-state index in [0.717, 1.165) is 18.7 Å². The molecule has 1 aliphatic carbocycles. The van der Waals surface area contributed by atoms with E-state index in [2.05, 4.69) is 14.8 Å². The maximum atomic E-state index is 13.5. The molecule has 0 N–H and O–H groups in total. The van der Waals surface area contributed by atoms with E-state index in [0.29, 0.717) is 37.7 Å². The van der Waals surface area contributed by atoms with Crippen molar-refractivity contribution < 1.29 is 22.7 Å². The lowest BCUT2D eigenvalue weighted by molar-refractivity contribution is -0.199. The molecule has 1 aromatic rings. The topological polar surface area (TPSA) is 60.2 Å². The van der Waals surface area contributed by atoms with Gasteiger partial charge in [0, 0.05) is 19.0 Å². The lowest BCUT2D eigenvalue weighted by Crippen LogP contribution is -2.49. The molecule has 3 fully saturated rings. The van der Waals surface area contributed by atoms with Crippen LogP contribution in [-0.4, -0.2) is 50.5 Å². The normalized spacial score (nSPS) is 33.7. The Labute approximate surface area is 155 Å². The average molecular weight is 384 g/mol. The highest BCUT2D eigenvalue weighted by Crippen LogP contribution is 2.51. The molecule has 4 heterocycles. The summed E-state index contributed by atoms with van der Waals surface area (Å²) in [5, 5.41) is 8.58. The minimum Gasteiger partial charge on any atom is -0.373 e. The zero-order valence-electron chi connectivity index (χ0n) is 15.0. The summed E-state index contributed by atoms with van der Waals surface area (Å²) in [6, 6.07) is 0. The molecule has 4 unspecified atom stereocenters. The van der Waals surface area contributed by atoms with Crippen molar-refractivity contribution in [3.05, 3.63) is 11.6 Å². The smallest absolute Gasteiger partial charge is 0.373 e. The van der Waals surface area contributed by atoms with Gasteiger partial charge >= 0.3 is 6.18 Å². The number of carbonyl (C=O) groups is 1. The fraction of sp³-hybridized carbons (Fsp3) is 0.833. The lowest BCUT2D eigenvalue weighted by Gasteiger charge is -2.35. The summed E-state index contributed by atoms with van der Waals surface area (Å²) in [5.41, 5.74) is 0. The molecule has 5 rings (SSSR count). The molecule has 6 nitrogen and oxygen atoms in total. The van der Waals surface area contributed by atoms with E-state index in [4.69, 9.17) is 4.74 Å². The second-order valence-corrected chi connectivity index (χ2v) is 8.25. The average Bonchev–Trinajstić information content (AvgIpc) is 3.41. The summed E-state index contributed by atoms with van der Waals surface area (Å²) < 4.78 is 48.1. The monoisotopic (exact) mass is 384 g/mol. The van der Waals surface area contributed by atoms with Crippen LogP contribution in [0.4, 0.5) is 13.2 Å². The van der Waals surface area contributed by atoms with Crippen molar-refractivity contribution in [3.63, 3.8) is 0 Å². The number of alkyl halides is 3. The van der Waals surface area contributed by atoms with E-state index in [1.165, 1.54) is 17.7 Å². The Morgan fingerprint density at radius 1 is 1.04 bits per heavy atom. The van der Waals surface area contributed by atoms with E-state index in [9.17, 15) is 18.0 Å². The number of halogens is 3. The third kappa shape index (κ3) is 2.77. The third-order valence-electron chi connectivity index (χ3n) is 6.75. The molecular weight excluding hydrogens is 361 g/mol. The minimum absolute atomic E-state index is 0.233. The number of rotatable bonds is 2. The number of nitrogens with zero attached hydrogens (tertiary/aromatic N) is 4. The van der Waals surface area contributed by atoms with Crippen LogP contribution < -0.4 is 0 Å². The highest BCUT2D eigenvalue weighted by molar-refractivity contribution is 5.80. The van der Waals surface area contributed by atoms with E-state index in [-0.39, 0.29) is 6.54 Å². The van der Waals surface area contributed by atoms with E-state index in [1.54, 1.807) is 0 Å². The largest absolute Gasteiger partial charge is 0.395 e. The molecule has 0 radical (unpaired) electrons. The number of ether oxygens (including phenoxy) is 1. The highest BCUT2D eigenvalue weighted by Gasteiger charge is 2.63. The van der Waals surface area contributed by atoms with Crippen molar-refractivity contribution in [3.8, 4) is 0 Å². The Bertz CT molecular complexity index is 743. The molecule has 27 heavy (non-hydrogen) atoms. The predicted octanol–water partition coefficient (Wildman–Crippen LogP) is 2.63. The van der Waals surface area contributed by atoms with Gasteiger partial charge in [0.1, 0.15) is 5.82 Å². The van der Waals surface area contributed by atoms with E-state index >= 15 is 0 Å². The maximum Gasteiger partial charge on any atom is 0.395 e. The van der Waals surface area contributed by atoms with Crippen molar-refractivity contribution in [1.29, 1.82) is 0 Å². The Balaban J connectivity index is 1.35. The van der Waals surface area contributed by atoms with Gasteiger partial charge in [0.05, 0.1) is 30.6 Å². The number of amides is 1. The van der Waals surface area contributed by atoms with Gasteiger partial charge in [-0.2, -0.15) is 13.2 Å². The van der Waals surface area contributed by atoms with Crippen LogP contribution in [0.1, 0.15) is 56.1 Å². The van der Waals surface area contributed by atoms with Crippen LogP contribution in [0.2, 0.25) is 0 Å². The predicted molar refractivity (Wildman–Crippen MR) is 87.6 cm³/mol. The molecule has 0 spiro atoms. The number of carbonyl (C=O) groups excluding carboxylic acids is 1. The molecule has 4 atom stereocenters. The summed E-state index contributed by atoms with van der Waals surface area (Å²) in [7, 11) is 0. The molecule has 0 aromatic carbocycles. The molecule has 1 amide bonds. The van der Waals surface area contributed by atoms with Crippen molar-refractivity contribution in [2.75, 3.05) is 6.54 Å². The van der Waals surface area contributed by atoms with Crippen LogP contribution in [0, 0.1) is 11.8 Å². The molecular formula is C18H23F3N4O2. The summed E-state index contributed by atoms with van der Waals surface area (Å²) in [6.45, 7) is 1.19. The number of hydrogen-bond acceptors (Lipinski definition) is 4. The second kappa shape index (κ2) is 6.18. The molecule has 4 aliphatic rings. The van der Waals surface area contributed by atoms with Crippen LogP contribution in [0.3, 0.4) is 0 Å². The van der Waals surface area contributed by atoms with Gasteiger partial charge in [-0.25, -0.2) is 0 Å². The fourth-order valence-corrected chi connectivity index (χ4v) is 5.47. The number of aromatic nitrogens is 3. The Morgan fingerprint density at radius 2 is 1.78 bits per heavy atom. The van der Waals surface area contributed by atoms with Crippen molar-refractivity contribution in [2.45, 2.75) is 75.9 Å². The molecule has 9 heteroatoms. The third-order valence-corrected chi connectivity index (χ3v) is 6.75. The minimum atomic E-state index is -4.41. The van der Waals surface area contributed by atoms with Gasteiger partial charge in [-0.05, 0) is 25.7 Å². The lowest BCUT2D eigenvalue weighted by atomic mass is 9.78. The van der Waals surface area contributed by atoms with Gasteiger partial charge in [-0.15, -0.1) is 10.2 Å². The molecule has 2 saturated heterocycles. The molecule has 148 valence electrons. The zero-order valence-corrected chi connectivity index (χ0v) is 15.0. The van der Waals surface area contributed by atoms with Crippen LogP contribution in [0.25, 0.3) is 0 Å². The first-order valence-electron chi connectivity index (χ1n) is 9.86. The van der Waals surface area contributed by atoms with Crippen molar-refractivity contribution >= 4 is 5.91 Å². The highest BCUT2D eigenvalue weighted by atomic mass is 19.4. The summed E-state index contributed by atoms with van der Waals surface area (Å²) in [5.74, 6) is -1.16. The Kier molecular flexibility index (Phi) is 4.00. The maximum absolute atomic E-state index is 13.5. The first-order valence-corrected chi connectivity index (χ1v) is 9.86. The Morgan fingerprint density at radius 3 is 2.52 bits per heavy atom. The molecule has 1 saturated carbocycles. The van der Waals surface area contributed by atoms with Gasteiger partial charge in [0.2, 0.25) is 5.91 Å². The van der Waals surface area contributed by atoms with Gasteiger partial charge in [-0.1, -0.05) is 12.8 Å². The fourth-order valence-electron chi connectivity index (χ4n) is 5.47. The van der Waals surface area contributed by atoms with Crippen molar-refractivity contribution in [2.24, 2.45) is 11.8 Å². The first kappa shape index (κ1) is 17.5. The van der Waals surface area contributed by atoms with E-state index < -0.39 is 36.1 Å². The first-order chi connectivity index (χ1) is 12.9. The standard InChI is InChI=1S/C18H23F3N4O2/c19-18(20,21)15-12-6-5-11(27-12)14(15)17(26)24-7-8-25-13(9-24)22-23-16(25)10-3-1-2-4-10/h10-12,14-15H,1-9H2. The van der Waals surface area contributed by atoms with Crippen LogP contribution in [0.15, 0.2) is 0 Å². The number of hydrogen-bond donors (Lipinski definition) is 0. The second-order valence-electron chi connectivity index (χ2n) is 8.25. The van der Waals surface area contributed by atoms with Gasteiger partial charge in [-0.3, -0.25) is 4.79 Å². The molecule has 3 aliphatic heterocycles. The Hall–Kier alpha value is -1.64. The van der Waals surface area contributed by atoms with Gasteiger partial charge in [0.15, 0.2) is 5.82 Å². The summed E-state index contributed by atoms with van der Waals surface area (Å²) in [6.07, 6.45) is -0.365. The summed E-state index contributed by atoms with van der Waals surface area (Å²) in [4.78, 5) is 14.5. The molecule has 2 bridgehead atoms. The SMILES string of the molecule is O=C(C1C2CCC(O2)C1C(F)(F)F)N1CCn2c(nnc2C2CCCC2)C1. The van der Waals surface area contributed by atoms with Crippen LogP contribution in [0.5, 0.6) is 0 Å². The van der Waals surface area contributed by atoms with Crippen molar-refractivity contribution in [1.82, 2.24) is 19.7 Å². The quantitative estimate of drug-likeness (QED) is 0.787. The van der Waals surface area contributed by atoms with E-state index in [1.807, 2.05) is 0 Å².